The molecule has 0 spiro atoms. The van der Waals surface area contributed by atoms with Crippen LogP contribution in [0.2, 0.25) is 0 Å². The normalized spacial score (nSPS) is 15.9. The van der Waals surface area contributed by atoms with Gasteiger partial charge in [-0.25, -0.2) is 9.18 Å². The highest BCUT2D eigenvalue weighted by Crippen LogP contribution is 2.12. The summed E-state index contributed by atoms with van der Waals surface area (Å²) in [6.07, 6.45) is 1.99. The molecule has 0 atom stereocenters. The van der Waals surface area contributed by atoms with Crippen LogP contribution in [0.5, 0.6) is 0 Å². The highest BCUT2D eigenvalue weighted by Gasteiger charge is 2.19. The number of anilines is 1. The SMILES string of the molecule is Cc1noc(NC(=O)N2CCC=C(F)C2)n1. The predicted octanol–water partition coefficient (Wildman–Crippen LogP) is 1.47. The van der Waals surface area contributed by atoms with Crippen molar-refractivity contribution in [2.75, 3.05) is 18.4 Å². The maximum Gasteiger partial charge on any atom is 0.329 e. The lowest BCUT2D eigenvalue weighted by Crippen LogP contribution is -2.38. The van der Waals surface area contributed by atoms with E-state index in [2.05, 4.69) is 15.5 Å². The van der Waals surface area contributed by atoms with E-state index in [4.69, 9.17) is 4.52 Å². The van der Waals surface area contributed by atoms with Gasteiger partial charge < -0.3 is 9.42 Å². The lowest BCUT2D eigenvalue weighted by Gasteiger charge is -2.23. The Morgan fingerprint density at radius 3 is 3.12 bits per heavy atom. The van der Waals surface area contributed by atoms with Gasteiger partial charge in [0, 0.05) is 6.54 Å². The van der Waals surface area contributed by atoms with Crippen LogP contribution in [0.4, 0.5) is 15.2 Å². The van der Waals surface area contributed by atoms with Crippen LogP contribution in [0.3, 0.4) is 0 Å². The van der Waals surface area contributed by atoms with Crippen molar-refractivity contribution in [3.8, 4) is 0 Å². The lowest BCUT2D eigenvalue weighted by atomic mass is 10.2. The van der Waals surface area contributed by atoms with Gasteiger partial charge in [-0.05, 0) is 19.4 Å². The first-order valence-corrected chi connectivity index (χ1v) is 4.86. The van der Waals surface area contributed by atoms with E-state index in [1.807, 2.05) is 0 Å². The smallest absolute Gasteiger partial charge is 0.317 e. The number of nitrogens with zero attached hydrogens (tertiary/aromatic N) is 3. The summed E-state index contributed by atoms with van der Waals surface area (Å²) < 4.78 is 17.6. The number of amides is 2. The number of hydrogen-bond acceptors (Lipinski definition) is 4. The number of hydrogen-bond donors (Lipinski definition) is 1. The van der Waals surface area contributed by atoms with Crippen LogP contribution in [0, 0.1) is 6.92 Å². The maximum atomic E-state index is 12.9. The zero-order chi connectivity index (χ0) is 11.5. The van der Waals surface area contributed by atoms with Crippen LogP contribution >= 0.6 is 0 Å². The van der Waals surface area contributed by atoms with Gasteiger partial charge in [-0.1, -0.05) is 5.16 Å². The zero-order valence-corrected chi connectivity index (χ0v) is 8.73. The van der Waals surface area contributed by atoms with Crippen LogP contribution < -0.4 is 5.32 Å². The van der Waals surface area contributed by atoms with E-state index >= 15 is 0 Å². The molecule has 7 heteroatoms. The van der Waals surface area contributed by atoms with Crippen LogP contribution in [0.15, 0.2) is 16.4 Å². The molecule has 0 aromatic carbocycles. The van der Waals surface area contributed by atoms with Gasteiger partial charge in [0.05, 0.1) is 6.54 Å². The molecule has 2 heterocycles. The number of carbonyl (C=O) groups is 1. The van der Waals surface area contributed by atoms with E-state index in [1.54, 1.807) is 6.92 Å². The summed E-state index contributed by atoms with van der Waals surface area (Å²) in [6.45, 7) is 2.10. The summed E-state index contributed by atoms with van der Waals surface area (Å²) >= 11 is 0. The zero-order valence-electron chi connectivity index (χ0n) is 8.73. The first-order chi connectivity index (χ1) is 7.65. The third kappa shape index (κ3) is 2.36. The molecule has 0 saturated carbocycles. The van der Waals surface area contributed by atoms with Gasteiger partial charge in [-0.15, -0.1) is 0 Å². The Morgan fingerprint density at radius 1 is 1.69 bits per heavy atom. The molecule has 86 valence electrons. The minimum Gasteiger partial charge on any atom is -0.317 e. The monoisotopic (exact) mass is 226 g/mol. The molecule has 0 fully saturated rings. The van der Waals surface area contributed by atoms with Crippen molar-refractivity contribution in [1.82, 2.24) is 15.0 Å². The van der Waals surface area contributed by atoms with Gasteiger partial charge in [0.2, 0.25) is 0 Å². The van der Waals surface area contributed by atoms with Crippen LogP contribution in [0.1, 0.15) is 12.2 Å². The van der Waals surface area contributed by atoms with Crippen molar-refractivity contribution >= 4 is 12.0 Å². The Balaban J connectivity index is 1.96. The Morgan fingerprint density at radius 2 is 2.50 bits per heavy atom. The van der Waals surface area contributed by atoms with Crippen molar-refractivity contribution in [3.05, 3.63) is 17.7 Å². The molecule has 2 rings (SSSR count). The summed E-state index contributed by atoms with van der Waals surface area (Å²) in [5.74, 6) is 0.128. The van der Waals surface area contributed by atoms with Crippen LogP contribution in [-0.2, 0) is 0 Å². The predicted molar refractivity (Wildman–Crippen MR) is 53.4 cm³/mol. The number of aromatic nitrogens is 2. The van der Waals surface area contributed by atoms with E-state index in [-0.39, 0.29) is 18.4 Å². The topological polar surface area (TPSA) is 71.3 Å². The van der Waals surface area contributed by atoms with Crippen molar-refractivity contribution in [2.45, 2.75) is 13.3 Å². The van der Waals surface area contributed by atoms with Gasteiger partial charge in [-0.3, -0.25) is 5.32 Å². The summed E-state index contributed by atoms with van der Waals surface area (Å²) in [5.41, 5.74) is 0. The van der Waals surface area contributed by atoms with Crippen molar-refractivity contribution < 1.29 is 13.7 Å². The molecule has 1 N–H and O–H groups in total. The number of carbonyl (C=O) groups excluding carboxylic acids is 1. The molecule has 0 saturated heterocycles. The number of nitrogens with one attached hydrogen (secondary N) is 1. The Hall–Kier alpha value is -1.92. The van der Waals surface area contributed by atoms with E-state index in [9.17, 15) is 9.18 Å². The molecular weight excluding hydrogens is 215 g/mol. The van der Waals surface area contributed by atoms with E-state index in [0.717, 1.165) is 0 Å². The summed E-state index contributed by atoms with van der Waals surface area (Å²) in [4.78, 5) is 16.8. The second-order valence-electron chi connectivity index (χ2n) is 3.44. The summed E-state index contributed by atoms with van der Waals surface area (Å²) in [6, 6.07) is -0.413. The van der Waals surface area contributed by atoms with Gasteiger partial charge >= 0.3 is 12.0 Å². The molecule has 0 bridgehead atoms. The number of aryl methyl sites for hydroxylation is 1. The molecular formula is C9H11FN4O2. The fourth-order valence-corrected chi connectivity index (χ4v) is 1.39. The number of rotatable bonds is 1. The first-order valence-electron chi connectivity index (χ1n) is 4.86. The molecule has 2 amide bonds. The van der Waals surface area contributed by atoms with Crippen molar-refractivity contribution in [3.63, 3.8) is 0 Å². The van der Waals surface area contributed by atoms with E-state index < -0.39 is 6.03 Å². The van der Waals surface area contributed by atoms with Gasteiger partial charge in [-0.2, -0.15) is 4.98 Å². The minimum atomic E-state index is -0.438. The molecule has 6 nitrogen and oxygen atoms in total. The quantitative estimate of drug-likeness (QED) is 0.787. The molecule has 0 radical (unpaired) electrons. The summed E-state index contributed by atoms with van der Waals surface area (Å²) in [7, 11) is 0. The van der Waals surface area contributed by atoms with Gasteiger partial charge in [0.25, 0.3) is 0 Å². The van der Waals surface area contributed by atoms with Crippen LogP contribution in [-0.4, -0.2) is 34.2 Å². The van der Waals surface area contributed by atoms with Gasteiger partial charge in [0.1, 0.15) is 5.83 Å². The molecule has 0 aliphatic carbocycles. The first kappa shape index (κ1) is 10.6. The highest BCUT2D eigenvalue weighted by atomic mass is 19.1. The minimum absolute atomic E-state index is 0.0149. The average Bonchev–Trinajstić information content (AvgIpc) is 2.64. The Kier molecular flexibility index (Phi) is 2.84. The highest BCUT2D eigenvalue weighted by molar-refractivity contribution is 5.87. The Bertz CT molecular complexity index is 429. The van der Waals surface area contributed by atoms with E-state index in [1.165, 1.54) is 11.0 Å². The van der Waals surface area contributed by atoms with Crippen LogP contribution in [0.25, 0.3) is 0 Å². The molecule has 1 aromatic heterocycles. The average molecular weight is 226 g/mol. The molecule has 1 aromatic rings. The maximum absolute atomic E-state index is 12.9. The third-order valence-electron chi connectivity index (χ3n) is 2.14. The van der Waals surface area contributed by atoms with Crippen molar-refractivity contribution in [1.29, 1.82) is 0 Å². The molecule has 1 aliphatic heterocycles. The fraction of sp³-hybridized carbons (Fsp3) is 0.444. The largest absolute Gasteiger partial charge is 0.329 e. The number of urea groups is 1. The molecule has 0 unspecified atom stereocenters. The third-order valence-corrected chi connectivity index (χ3v) is 2.14. The standard InChI is InChI=1S/C9H11FN4O2/c1-6-11-8(16-13-6)12-9(15)14-4-2-3-7(10)5-14/h3H,2,4-5H2,1H3,(H,11,12,13,15). The fourth-order valence-electron chi connectivity index (χ4n) is 1.39. The summed E-state index contributed by atoms with van der Waals surface area (Å²) in [5, 5.41) is 5.93. The van der Waals surface area contributed by atoms with E-state index in [0.29, 0.717) is 18.8 Å². The number of halogens is 1. The second kappa shape index (κ2) is 4.30. The second-order valence-corrected chi connectivity index (χ2v) is 3.44. The Labute approximate surface area is 91.1 Å². The van der Waals surface area contributed by atoms with Gasteiger partial charge in [0.15, 0.2) is 5.82 Å². The lowest BCUT2D eigenvalue weighted by molar-refractivity contribution is 0.209. The molecule has 16 heavy (non-hydrogen) atoms. The van der Waals surface area contributed by atoms with Crippen molar-refractivity contribution in [2.24, 2.45) is 0 Å². The molecule has 1 aliphatic rings.